The van der Waals surface area contributed by atoms with Gasteiger partial charge in [-0.1, -0.05) is 12.1 Å². The lowest BCUT2D eigenvalue weighted by molar-refractivity contribution is -0.353. The lowest BCUT2D eigenvalue weighted by Gasteiger charge is -2.45. The Morgan fingerprint density at radius 3 is 1.97 bits per heavy atom. The first-order valence-electron chi connectivity index (χ1n) is 20.8. The number of aliphatic carboxylic acids is 1. The van der Waals surface area contributed by atoms with E-state index in [4.69, 9.17) is 47.7 Å². The number of hydrogen-bond donors (Lipinski definition) is 12. The molecule has 368 valence electrons. The zero-order valence-corrected chi connectivity index (χ0v) is 35.3. The Kier molecular flexibility index (Phi) is 15.7. The lowest BCUT2D eigenvalue weighted by Crippen LogP contribution is -2.63. The topological polar surface area (TPSA) is 381 Å². The van der Waals surface area contributed by atoms with E-state index in [1.54, 1.807) is 0 Å². The van der Waals surface area contributed by atoms with Gasteiger partial charge in [-0.15, -0.1) is 0 Å². The van der Waals surface area contributed by atoms with Gasteiger partial charge in [-0.05, 0) is 48.0 Å². The van der Waals surface area contributed by atoms with Crippen LogP contribution in [0.5, 0.6) is 28.7 Å². The number of phenols is 3. The molecule has 15 atom stereocenters. The number of hydrogen-bond acceptors (Lipinski definition) is 22. The Balaban J connectivity index is 1.21. The van der Waals surface area contributed by atoms with E-state index in [0.717, 1.165) is 12.1 Å². The van der Waals surface area contributed by atoms with E-state index < -0.39 is 142 Å². The molecule has 4 aliphatic heterocycles. The molecule has 7 rings (SSSR count). The van der Waals surface area contributed by atoms with Crippen LogP contribution in [0.25, 0.3) is 12.2 Å². The van der Waals surface area contributed by atoms with E-state index in [1.807, 2.05) is 0 Å². The summed E-state index contributed by atoms with van der Waals surface area (Å²) in [5.74, 6) is -4.63. The summed E-state index contributed by atoms with van der Waals surface area (Å²) in [6, 6.07) is 13.7. The Morgan fingerprint density at radius 1 is 0.676 bits per heavy atom. The van der Waals surface area contributed by atoms with Crippen molar-refractivity contribution < 1.29 is 118 Å². The molecule has 3 saturated heterocycles. The van der Waals surface area contributed by atoms with Crippen molar-refractivity contribution in [2.24, 2.45) is 0 Å². The number of phenolic OH excluding ortho intramolecular Hbond substituents is 3. The third-order valence-electron chi connectivity index (χ3n) is 11.1. The average molecular weight is 962 g/mol. The van der Waals surface area contributed by atoms with Gasteiger partial charge in [-0.25, -0.2) is 4.79 Å². The van der Waals surface area contributed by atoms with Crippen LogP contribution in [0.2, 0.25) is 0 Å². The van der Waals surface area contributed by atoms with Gasteiger partial charge < -0.3 is 104 Å². The summed E-state index contributed by atoms with van der Waals surface area (Å²) in [6.07, 6.45) is -23.7. The zero-order chi connectivity index (χ0) is 49.0. The van der Waals surface area contributed by atoms with Crippen LogP contribution < -0.4 is 4.74 Å². The van der Waals surface area contributed by atoms with Crippen LogP contribution in [0.3, 0.4) is 0 Å². The van der Waals surface area contributed by atoms with Crippen molar-refractivity contribution in [1.29, 1.82) is 0 Å². The normalized spacial score (nSPS) is 32.5. The number of rotatable bonds is 15. The van der Waals surface area contributed by atoms with E-state index in [-0.39, 0.29) is 34.3 Å². The number of carbonyl (C=O) groups excluding carboxylic acids is 2. The third-order valence-corrected chi connectivity index (χ3v) is 11.1. The van der Waals surface area contributed by atoms with Crippen LogP contribution in [0.4, 0.5) is 0 Å². The molecule has 24 nitrogen and oxygen atoms in total. The Morgan fingerprint density at radius 2 is 1.29 bits per heavy atom. The van der Waals surface area contributed by atoms with Crippen molar-refractivity contribution >= 4 is 30.1 Å². The summed E-state index contributed by atoms with van der Waals surface area (Å²) in [4.78, 5) is 35.6. The molecule has 3 aromatic carbocycles. The number of esters is 2. The largest absolute Gasteiger partial charge is 0.571 e. The molecule has 4 aliphatic rings. The van der Waals surface area contributed by atoms with Gasteiger partial charge in [-0.3, -0.25) is 9.59 Å². The molecule has 0 bridgehead atoms. The van der Waals surface area contributed by atoms with Crippen molar-refractivity contribution in [2.75, 3.05) is 19.8 Å². The molecule has 0 spiro atoms. The van der Waals surface area contributed by atoms with Crippen LogP contribution in [0.15, 0.2) is 72.5 Å². The maximum atomic E-state index is 12.8. The molecule has 68 heavy (non-hydrogen) atoms. The number of carbonyl (C=O) groups is 3. The summed E-state index contributed by atoms with van der Waals surface area (Å²) >= 11 is 0. The lowest BCUT2D eigenvalue weighted by atomic mass is 9.97. The van der Waals surface area contributed by atoms with Gasteiger partial charge in [0, 0.05) is 18.2 Å². The first-order valence-corrected chi connectivity index (χ1v) is 20.8. The van der Waals surface area contributed by atoms with Crippen LogP contribution in [-0.4, -0.2) is 190 Å². The minimum atomic E-state index is -1.98. The molecule has 13 N–H and O–H groups in total. The number of carboxylic acid groups (broad SMARTS) is 1. The molecule has 4 heterocycles. The molecular formula is C44H49O24+. The zero-order valence-electron chi connectivity index (χ0n) is 35.3. The van der Waals surface area contributed by atoms with Gasteiger partial charge in [0.2, 0.25) is 12.6 Å². The highest BCUT2D eigenvalue weighted by Crippen LogP contribution is 2.47. The van der Waals surface area contributed by atoms with E-state index in [2.05, 4.69) is 0 Å². The van der Waals surface area contributed by atoms with Crippen molar-refractivity contribution in [1.82, 2.24) is 0 Å². The molecular weight excluding hydrogens is 912 g/mol. The number of carboxylic acids is 1. The summed E-state index contributed by atoms with van der Waals surface area (Å²) in [6.45, 7) is -1.99. The Labute approximate surface area is 384 Å². The van der Waals surface area contributed by atoms with Crippen molar-refractivity contribution in [3.63, 3.8) is 0 Å². The van der Waals surface area contributed by atoms with Gasteiger partial charge in [0.05, 0.1) is 18.2 Å². The Bertz CT molecular complexity index is 2300. The number of aromatic hydroxyl groups is 4. The van der Waals surface area contributed by atoms with E-state index in [0.29, 0.717) is 11.1 Å². The molecule has 24 heteroatoms. The average Bonchev–Trinajstić information content (AvgIpc) is 3.30. The quantitative estimate of drug-likeness (QED) is 0.0336. The molecule has 1 unspecified atom stereocenters. The van der Waals surface area contributed by atoms with Crippen LogP contribution in [0.1, 0.15) is 29.2 Å². The van der Waals surface area contributed by atoms with Crippen LogP contribution in [-0.2, 0) is 47.5 Å². The summed E-state index contributed by atoms with van der Waals surface area (Å²) in [5.41, 5.74) is 0.871. The Hall–Kier alpha value is -6.13. The number of aliphatic hydroxyl groups excluding tert-OH is 8. The number of aliphatic hydroxyl groups is 9. The first-order chi connectivity index (χ1) is 32.4. The van der Waals surface area contributed by atoms with Crippen molar-refractivity contribution in [3.8, 4) is 28.7 Å². The molecule has 3 fully saturated rings. The molecule has 0 amide bonds. The second-order valence-corrected chi connectivity index (χ2v) is 16.0. The van der Waals surface area contributed by atoms with Crippen LogP contribution >= 0.6 is 0 Å². The summed E-state index contributed by atoms with van der Waals surface area (Å²) in [5, 5.41) is 126. The number of fused-ring (bicyclic) bond motifs is 1. The second kappa shape index (κ2) is 21.4. The summed E-state index contributed by atoms with van der Waals surface area (Å²) < 4.78 is 50.4. The van der Waals surface area contributed by atoms with E-state index in [1.165, 1.54) is 66.7 Å². The fourth-order valence-corrected chi connectivity index (χ4v) is 7.42. The van der Waals surface area contributed by atoms with Gasteiger partial charge in [0.25, 0.3) is 11.9 Å². The van der Waals surface area contributed by atoms with Gasteiger partial charge in [0.1, 0.15) is 109 Å². The third kappa shape index (κ3) is 11.6. The molecule has 0 aliphatic carbocycles. The highest BCUT2D eigenvalue weighted by atomic mass is 16.8. The van der Waals surface area contributed by atoms with Crippen molar-refractivity contribution in [3.05, 3.63) is 89.2 Å². The summed E-state index contributed by atoms with van der Waals surface area (Å²) in [7, 11) is 0. The SMILES string of the molecule is O=C(O)CC(=O)OC[C@H]1O[C@@H](Oc2cc(O)cc3c2C=C(O[C@@H]2O[C@H](COC(=O)/C=C/c4ccc(O)cc4)[C@@H](O)[C@H](O)[C@H]2O[C@@H]2OC[C@H](O)[C@H](O)[C@@H]2O)C(c2ccc(O)cc2)[OH+]3)[C@H](O)[C@@H](O)[C@@H]1O. The number of benzene rings is 3. The second-order valence-electron chi connectivity index (χ2n) is 16.0. The molecule has 0 saturated carbocycles. The fourth-order valence-electron chi connectivity index (χ4n) is 7.42. The predicted molar refractivity (Wildman–Crippen MR) is 222 cm³/mol. The predicted octanol–water partition coefficient (Wildman–Crippen LogP) is -2.11. The highest BCUT2D eigenvalue weighted by Gasteiger charge is 2.52. The van der Waals surface area contributed by atoms with Gasteiger partial charge >= 0.3 is 17.9 Å². The molecule has 3 aromatic rings. The monoisotopic (exact) mass is 961 g/mol. The first kappa shape index (κ1) is 49.8. The maximum absolute atomic E-state index is 12.8. The minimum absolute atomic E-state index is 0.00151. The highest BCUT2D eigenvalue weighted by molar-refractivity contribution is 5.90. The fraction of sp³-hybridized carbons (Fsp3) is 0.432. The molecule has 0 radical (unpaired) electrons. The van der Waals surface area contributed by atoms with Gasteiger partial charge in [-0.2, -0.15) is 0 Å². The standard InChI is InChI=1S/C44H48O24/c45-20-6-1-18(2-7-20)3-10-31(51)60-16-29-35(55)37(57)41(68-42-38(58)33(53)24(48)15-62-42)44(67-29)65-27-13-23-25(63-40(27)19-4-8-21(46)9-5-19)11-22(47)12-26(23)64-43-39(59)36(56)34(54)28(66-43)17-61-32(52)14-30(49)50/h1-13,24,28-29,33-48,53-59H,14-17H2,(H,49,50)/p+1/b10-3+/t24-,28+,29+,33-,34+,35+,36-,37-,38-,39+,40?,41+,42-,43+,44+/m0/s1. The molecule has 0 aromatic heterocycles. The maximum Gasteiger partial charge on any atom is 0.330 e. The van der Waals surface area contributed by atoms with Gasteiger partial charge in [0.15, 0.2) is 18.2 Å². The number of ether oxygens (including phenoxy) is 9. The van der Waals surface area contributed by atoms with E-state index in [9.17, 15) is 70.6 Å². The van der Waals surface area contributed by atoms with Crippen molar-refractivity contribution in [2.45, 2.75) is 98.5 Å². The van der Waals surface area contributed by atoms with E-state index >= 15 is 0 Å². The van der Waals surface area contributed by atoms with Crippen LogP contribution in [0, 0.1) is 0 Å². The smallest absolute Gasteiger partial charge is 0.330 e. The minimum Gasteiger partial charge on any atom is -0.571 e.